The highest BCUT2D eigenvalue weighted by Gasteiger charge is 2.31. The van der Waals surface area contributed by atoms with Crippen molar-refractivity contribution in [3.05, 3.63) is 48.0 Å². The Balaban J connectivity index is 1.22. The highest BCUT2D eigenvalue weighted by molar-refractivity contribution is 5.98. The summed E-state index contributed by atoms with van der Waals surface area (Å²) >= 11 is 0. The van der Waals surface area contributed by atoms with Gasteiger partial charge in [0, 0.05) is 50.6 Å². The molecule has 6 heteroatoms. The highest BCUT2D eigenvalue weighted by atomic mass is 16.2. The molecule has 29 heavy (non-hydrogen) atoms. The SMILES string of the molecule is O=C(NCCC(=O)N1CCC(N2CCCC2=O)CC1)c1ccc2ccccc2c1. The molecule has 2 heterocycles. The normalized spacial score (nSPS) is 17.7. The van der Waals surface area contributed by atoms with E-state index in [2.05, 4.69) is 5.32 Å². The van der Waals surface area contributed by atoms with Crippen LogP contribution >= 0.6 is 0 Å². The molecule has 2 saturated heterocycles. The number of nitrogens with one attached hydrogen (secondary N) is 1. The standard InChI is InChI=1S/C23H27N3O3/c27-21(25-14-10-20(11-15-25)26-13-3-6-22(26)28)9-12-24-23(29)19-8-7-17-4-1-2-5-18(17)16-19/h1-2,4-5,7-8,16,20H,3,6,9-15H2,(H,24,29). The Hall–Kier alpha value is -2.89. The van der Waals surface area contributed by atoms with Gasteiger partial charge in [-0.05, 0) is 42.2 Å². The Morgan fingerprint density at radius 2 is 1.76 bits per heavy atom. The average Bonchev–Trinajstić information content (AvgIpc) is 3.19. The number of carbonyl (C=O) groups is 3. The first-order valence-corrected chi connectivity index (χ1v) is 10.5. The molecule has 0 radical (unpaired) electrons. The fourth-order valence-corrected chi connectivity index (χ4v) is 4.36. The molecule has 152 valence electrons. The van der Waals surface area contributed by atoms with Gasteiger partial charge in [0.15, 0.2) is 0 Å². The molecule has 0 bridgehead atoms. The molecule has 0 spiro atoms. The van der Waals surface area contributed by atoms with Crippen molar-refractivity contribution in [1.82, 2.24) is 15.1 Å². The lowest BCUT2D eigenvalue weighted by atomic mass is 10.0. The van der Waals surface area contributed by atoms with E-state index in [1.165, 1.54) is 0 Å². The minimum absolute atomic E-state index is 0.0648. The van der Waals surface area contributed by atoms with Crippen molar-refractivity contribution in [3.63, 3.8) is 0 Å². The van der Waals surface area contributed by atoms with Gasteiger partial charge < -0.3 is 15.1 Å². The number of likely N-dealkylation sites (tertiary alicyclic amines) is 2. The van der Waals surface area contributed by atoms with Crippen molar-refractivity contribution in [2.45, 2.75) is 38.1 Å². The molecule has 0 saturated carbocycles. The Morgan fingerprint density at radius 3 is 2.48 bits per heavy atom. The van der Waals surface area contributed by atoms with Crippen LogP contribution in [0.5, 0.6) is 0 Å². The molecule has 2 fully saturated rings. The number of rotatable bonds is 5. The van der Waals surface area contributed by atoms with Crippen LogP contribution in [0.2, 0.25) is 0 Å². The van der Waals surface area contributed by atoms with Crippen molar-refractivity contribution >= 4 is 28.5 Å². The quantitative estimate of drug-likeness (QED) is 0.849. The fourth-order valence-electron chi connectivity index (χ4n) is 4.36. The predicted molar refractivity (Wildman–Crippen MR) is 111 cm³/mol. The van der Waals surface area contributed by atoms with E-state index in [0.29, 0.717) is 38.0 Å². The summed E-state index contributed by atoms with van der Waals surface area (Å²) in [5.41, 5.74) is 0.604. The van der Waals surface area contributed by atoms with Crippen LogP contribution in [0.4, 0.5) is 0 Å². The number of piperidine rings is 1. The minimum Gasteiger partial charge on any atom is -0.352 e. The van der Waals surface area contributed by atoms with Crippen molar-refractivity contribution in [2.75, 3.05) is 26.2 Å². The third-order valence-corrected chi connectivity index (χ3v) is 6.00. The number of carbonyl (C=O) groups excluding carboxylic acids is 3. The smallest absolute Gasteiger partial charge is 0.251 e. The first-order valence-electron chi connectivity index (χ1n) is 10.5. The van der Waals surface area contributed by atoms with E-state index < -0.39 is 0 Å². The Labute approximate surface area is 170 Å². The molecule has 2 aromatic carbocycles. The molecule has 4 rings (SSSR count). The van der Waals surface area contributed by atoms with Crippen LogP contribution in [0.1, 0.15) is 42.5 Å². The van der Waals surface area contributed by atoms with Crippen LogP contribution in [0, 0.1) is 0 Å². The second-order valence-corrected chi connectivity index (χ2v) is 7.87. The topological polar surface area (TPSA) is 69.7 Å². The fraction of sp³-hybridized carbons (Fsp3) is 0.435. The van der Waals surface area contributed by atoms with E-state index in [-0.39, 0.29) is 23.8 Å². The van der Waals surface area contributed by atoms with E-state index in [0.717, 1.165) is 36.6 Å². The first kappa shape index (κ1) is 19.4. The summed E-state index contributed by atoms with van der Waals surface area (Å²) in [4.78, 5) is 40.6. The van der Waals surface area contributed by atoms with Gasteiger partial charge in [-0.15, -0.1) is 0 Å². The minimum atomic E-state index is -0.158. The Kier molecular flexibility index (Phi) is 5.79. The largest absolute Gasteiger partial charge is 0.352 e. The van der Waals surface area contributed by atoms with E-state index in [4.69, 9.17) is 0 Å². The van der Waals surface area contributed by atoms with Crippen LogP contribution in [0.25, 0.3) is 10.8 Å². The summed E-state index contributed by atoms with van der Waals surface area (Å²) in [6, 6.07) is 13.8. The van der Waals surface area contributed by atoms with Crippen molar-refractivity contribution in [3.8, 4) is 0 Å². The van der Waals surface area contributed by atoms with Crippen molar-refractivity contribution < 1.29 is 14.4 Å². The van der Waals surface area contributed by atoms with E-state index >= 15 is 0 Å². The molecule has 2 aromatic rings. The summed E-state index contributed by atoms with van der Waals surface area (Å²) in [6.07, 6.45) is 3.61. The van der Waals surface area contributed by atoms with Crippen LogP contribution in [0.15, 0.2) is 42.5 Å². The maximum Gasteiger partial charge on any atom is 0.251 e. The molecule has 2 aliphatic rings. The summed E-state index contributed by atoms with van der Waals surface area (Å²) in [6.45, 7) is 2.56. The third-order valence-electron chi connectivity index (χ3n) is 6.00. The van der Waals surface area contributed by atoms with Crippen LogP contribution in [0.3, 0.4) is 0 Å². The summed E-state index contributed by atoms with van der Waals surface area (Å²) in [7, 11) is 0. The zero-order valence-corrected chi connectivity index (χ0v) is 16.6. The number of nitrogens with zero attached hydrogens (tertiary/aromatic N) is 2. The summed E-state index contributed by atoms with van der Waals surface area (Å²) in [5.74, 6) is 0.163. The Bertz CT molecular complexity index is 918. The van der Waals surface area contributed by atoms with Gasteiger partial charge in [-0.2, -0.15) is 0 Å². The van der Waals surface area contributed by atoms with Crippen LogP contribution in [-0.4, -0.2) is 59.7 Å². The second kappa shape index (κ2) is 8.64. The van der Waals surface area contributed by atoms with Gasteiger partial charge >= 0.3 is 0 Å². The van der Waals surface area contributed by atoms with E-state index in [1.54, 1.807) is 0 Å². The van der Waals surface area contributed by atoms with E-state index in [9.17, 15) is 14.4 Å². The molecular weight excluding hydrogens is 366 g/mol. The molecule has 0 aliphatic carbocycles. The maximum atomic E-state index is 12.5. The van der Waals surface area contributed by atoms with Gasteiger partial charge in [-0.1, -0.05) is 30.3 Å². The lowest BCUT2D eigenvalue weighted by molar-refractivity contribution is -0.134. The molecule has 0 aromatic heterocycles. The summed E-state index contributed by atoms with van der Waals surface area (Å²) in [5, 5.41) is 4.97. The van der Waals surface area contributed by atoms with Gasteiger partial charge in [0.05, 0.1) is 0 Å². The molecule has 2 aliphatic heterocycles. The lowest BCUT2D eigenvalue weighted by Crippen LogP contribution is -2.47. The van der Waals surface area contributed by atoms with Crippen LogP contribution in [-0.2, 0) is 9.59 Å². The molecule has 6 nitrogen and oxygen atoms in total. The summed E-state index contributed by atoms with van der Waals surface area (Å²) < 4.78 is 0. The average molecular weight is 393 g/mol. The van der Waals surface area contributed by atoms with Gasteiger partial charge in [0.1, 0.15) is 0 Å². The molecule has 0 atom stereocenters. The predicted octanol–water partition coefficient (Wildman–Crippen LogP) is 2.57. The highest BCUT2D eigenvalue weighted by Crippen LogP contribution is 2.22. The molecule has 0 unspecified atom stereocenters. The lowest BCUT2D eigenvalue weighted by Gasteiger charge is -2.36. The number of fused-ring (bicyclic) bond motifs is 1. The Morgan fingerprint density at radius 1 is 1.00 bits per heavy atom. The zero-order chi connectivity index (χ0) is 20.2. The van der Waals surface area contributed by atoms with E-state index in [1.807, 2.05) is 52.3 Å². The van der Waals surface area contributed by atoms with Gasteiger partial charge in [0.25, 0.3) is 5.91 Å². The second-order valence-electron chi connectivity index (χ2n) is 7.87. The number of hydrogen-bond donors (Lipinski definition) is 1. The number of hydrogen-bond acceptors (Lipinski definition) is 3. The van der Waals surface area contributed by atoms with Gasteiger partial charge in [-0.3, -0.25) is 14.4 Å². The maximum absolute atomic E-state index is 12.5. The monoisotopic (exact) mass is 393 g/mol. The third kappa shape index (κ3) is 4.42. The van der Waals surface area contributed by atoms with Crippen LogP contribution < -0.4 is 5.32 Å². The molecule has 3 amide bonds. The first-order chi connectivity index (χ1) is 14.1. The van der Waals surface area contributed by atoms with Gasteiger partial charge in [0.2, 0.25) is 11.8 Å². The van der Waals surface area contributed by atoms with Crippen molar-refractivity contribution in [1.29, 1.82) is 0 Å². The van der Waals surface area contributed by atoms with Gasteiger partial charge in [-0.25, -0.2) is 0 Å². The molecular formula is C23H27N3O3. The molecule has 1 N–H and O–H groups in total. The number of amides is 3. The van der Waals surface area contributed by atoms with Crippen molar-refractivity contribution in [2.24, 2.45) is 0 Å². The number of benzene rings is 2. The zero-order valence-electron chi connectivity index (χ0n) is 16.6.